The second-order valence-corrected chi connectivity index (χ2v) is 3.99. The molecule has 2 rings (SSSR count). The topological polar surface area (TPSA) is 54.0 Å². The zero-order chi connectivity index (χ0) is 13.5. The summed E-state index contributed by atoms with van der Waals surface area (Å²) in [6.45, 7) is 0.684. The minimum absolute atomic E-state index is 0.122. The van der Waals surface area contributed by atoms with Crippen molar-refractivity contribution in [2.45, 2.75) is 6.54 Å². The molecule has 0 spiro atoms. The fourth-order valence-corrected chi connectivity index (χ4v) is 1.58. The Morgan fingerprint density at radius 3 is 2.63 bits per heavy atom. The van der Waals surface area contributed by atoms with Gasteiger partial charge in [-0.3, -0.25) is 9.78 Å². The zero-order valence-corrected chi connectivity index (χ0v) is 10.3. The quantitative estimate of drug-likeness (QED) is 0.863. The van der Waals surface area contributed by atoms with Gasteiger partial charge in [0.2, 0.25) is 5.91 Å². The van der Waals surface area contributed by atoms with Crippen molar-refractivity contribution in [3.8, 4) is 0 Å². The van der Waals surface area contributed by atoms with Gasteiger partial charge in [0.25, 0.3) is 0 Å². The molecule has 1 aromatic heterocycles. The molecular formula is C14H14FN3O. The van der Waals surface area contributed by atoms with Crippen molar-refractivity contribution >= 4 is 11.6 Å². The summed E-state index contributed by atoms with van der Waals surface area (Å²) >= 11 is 0. The van der Waals surface area contributed by atoms with Gasteiger partial charge in [-0.05, 0) is 29.8 Å². The van der Waals surface area contributed by atoms with Crippen molar-refractivity contribution in [2.75, 3.05) is 11.9 Å². The molecule has 0 unspecified atom stereocenters. The van der Waals surface area contributed by atoms with Crippen LogP contribution in [0, 0.1) is 5.82 Å². The fourth-order valence-electron chi connectivity index (χ4n) is 1.58. The molecule has 0 bridgehead atoms. The number of carbonyl (C=O) groups excluding carboxylic acids is 1. The maximum absolute atomic E-state index is 13.3. The van der Waals surface area contributed by atoms with Crippen molar-refractivity contribution in [1.82, 2.24) is 10.3 Å². The molecule has 0 saturated carbocycles. The molecule has 4 nitrogen and oxygen atoms in total. The maximum Gasteiger partial charge on any atom is 0.238 e. The van der Waals surface area contributed by atoms with E-state index in [1.54, 1.807) is 24.5 Å². The number of carbonyl (C=O) groups is 1. The Hall–Kier alpha value is -2.27. The molecule has 19 heavy (non-hydrogen) atoms. The molecule has 0 aliphatic heterocycles. The number of rotatable bonds is 5. The second kappa shape index (κ2) is 6.61. The summed E-state index contributed by atoms with van der Waals surface area (Å²) in [6, 6.07) is 9.80. The SMILES string of the molecule is O=C(CNCc1ccncc1)Nc1ccccc1F. The van der Waals surface area contributed by atoms with E-state index < -0.39 is 5.82 Å². The number of benzene rings is 1. The Labute approximate surface area is 110 Å². The maximum atomic E-state index is 13.3. The molecule has 2 N–H and O–H groups in total. The summed E-state index contributed by atoms with van der Waals surface area (Å²) in [5.74, 6) is -0.718. The van der Waals surface area contributed by atoms with Crippen LogP contribution in [-0.2, 0) is 11.3 Å². The number of halogens is 1. The molecule has 98 valence electrons. The third-order valence-corrected chi connectivity index (χ3v) is 2.51. The van der Waals surface area contributed by atoms with Gasteiger partial charge in [-0.25, -0.2) is 4.39 Å². The smallest absolute Gasteiger partial charge is 0.238 e. The monoisotopic (exact) mass is 259 g/mol. The van der Waals surface area contributed by atoms with Gasteiger partial charge in [-0.1, -0.05) is 12.1 Å². The van der Waals surface area contributed by atoms with Crippen molar-refractivity contribution in [2.24, 2.45) is 0 Å². The number of nitrogens with one attached hydrogen (secondary N) is 2. The lowest BCUT2D eigenvalue weighted by Crippen LogP contribution is -2.28. The van der Waals surface area contributed by atoms with Crippen molar-refractivity contribution in [3.63, 3.8) is 0 Å². The fraction of sp³-hybridized carbons (Fsp3) is 0.143. The number of aromatic nitrogens is 1. The first-order chi connectivity index (χ1) is 9.25. The summed E-state index contributed by atoms with van der Waals surface area (Å²) in [4.78, 5) is 15.5. The first-order valence-electron chi connectivity index (χ1n) is 5.90. The highest BCUT2D eigenvalue weighted by Crippen LogP contribution is 2.11. The molecule has 1 heterocycles. The van der Waals surface area contributed by atoms with E-state index >= 15 is 0 Å². The number of amides is 1. The van der Waals surface area contributed by atoms with Gasteiger partial charge in [0.1, 0.15) is 5.82 Å². The molecule has 0 aliphatic rings. The molecule has 2 aromatic rings. The zero-order valence-electron chi connectivity index (χ0n) is 10.3. The van der Waals surface area contributed by atoms with Gasteiger partial charge in [-0.15, -0.1) is 0 Å². The summed E-state index contributed by atoms with van der Waals surface area (Å²) in [6.07, 6.45) is 3.38. The average molecular weight is 259 g/mol. The largest absolute Gasteiger partial charge is 0.322 e. The van der Waals surface area contributed by atoms with Crippen LogP contribution >= 0.6 is 0 Å². The summed E-state index contributed by atoms with van der Waals surface area (Å²) in [5.41, 5.74) is 1.23. The lowest BCUT2D eigenvalue weighted by atomic mass is 10.2. The highest BCUT2D eigenvalue weighted by Gasteiger charge is 2.05. The second-order valence-electron chi connectivity index (χ2n) is 3.99. The van der Waals surface area contributed by atoms with E-state index in [-0.39, 0.29) is 18.1 Å². The van der Waals surface area contributed by atoms with Gasteiger partial charge in [0.05, 0.1) is 12.2 Å². The summed E-state index contributed by atoms with van der Waals surface area (Å²) in [5, 5.41) is 5.49. The van der Waals surface area contributed by atoms with Crippen LogP contribution in [0.5, 0.6) is 0 Å². The Bertz CT molecular complexity index is 545. The molecule has 0 saturated heterocycles. The van der Waals surface area contributed by atoms with E-state index in [2.05, 4.69) is 15.6 Å². The van der Waals surface area contributed by atoms with Crippen molar-refractivity contribution in [3.05, 3.63) is 60.2 Å². The van der Waals surface area contributed by atoms with Gasteiger partial charge < -0.3 is 10.6 Å². The lowest BCUT2D eigenvalue weighted by Gasteiger charge is -2.07. The Morgan fingerprint density at radius 1 is 1.16 bits per heavy atom. The van der Waals surface area contributed by atoms with Gasteiger partial charge in [0.15, 0.2) is 0 Å². The number of para-hydroxylation sites is 1. The summed E-state index contributed by atoms with van der Waals surface area (Å²) in [7, 11) is 0. The summed E-state index contributed by atoms with van der Waals surface area (Å²) < 4.78 is 13.3. The van der Waals surface area contributed by atoms with Gasteiger partial charge in [0, 0.05) is 18.9 Å². The molecule has 0 radical (unpaired) electrons. The minimum atomic E-state index is -0.440. The molecule has 0 aliphatic carbocycles. The highest BCUT2D eigenvalue weighted by molar-refractivity contribution is 5.92. The van der Waals surface area contributed by atoms with E-state index in [9.17, 15) is 9.18 Å². The molecule has 1 amide bonds. The molecular weight excluding hydrogens is 245 g/mol. The van der Waals surface area contributed by atoms with E-state index in [0.717, 1.165) is 5.56 Å². The molecule has 0 atom stereocenters. The Kier molecular flexibility index (Phi) is 4.58. The predicted molar refractivity (Wildman–Crippen MR) is 71.0 cm³/mol. The minimum Gasteiger partial charge on any atom is -0.322 e. The van der Waals surface area contributed by atoms with E-state index in [1.807, 2.05) is 12.1 Å². The first kappa shape index (κ1) is 13.2. The highest BCUT2D eigenvalue weighted by atomic mass is 19.1. The van der Waals surface area contributed by atoms with Crippen LogP contribution in [0.25, 0.3) is 0 Å². The van der Waals surface area contributed by atoms with E-state index in [4.69, 9.17) is 0 Å². The standard InChI is InChI=1S/C14H14FN3O/c15-12-3-1-2-4-13(12)18-14(19)10-17-9-11-5-7-16-8-6-11/h1-8,17H,9-10H2,(H,18,19). The molecule has 1 aromatic carbocycles. The number of nitrogens with zero attached hydrogens (tertiary/aromatic N) is 1. The third kappa shape index (κ3) is 4.15. The van der Waals surface area contributed by atoms with Crippen LogP contribution < -0.4 is 10.6 Å². The predicted octanol–water partition coefficient (Wildman–Crippen LogP) is 1.95. The number of hydrogen-bond acceptors (Lipinski definition) is 3. The van der Waals surface area contributed by atoms with Crippen LogP contribution in [0.4, 0.5) is 10.1 Å². The molecule has 5 heteroatoms. The van der Waals surface area contributed by atoms with Crippen LogP contribution in [-0.4, -0.2) is 17.4 Å². The lowest BCUT2D eigenvalue weighted by molar-refractivity contribution is -0.115. The van der Waals surface area contributed by atoms with Crippen molar-refractivity contribution < 1.29 is 9.18 Å². The average Bonchev–Trinajstić information content (AvgIpc) is 2.43. The van der Waals surface area contributed by atoms with Gasteiger partial charge >= 0.3 is 0 Å². The first-order valence-corrected chi connectivity index (χ1v) is 5.90. The van der Waals surface area contributed by atoms with Crippen LogP contribution in [0.15, 0.2) is 48.8 Å². The number of anilines is 1. The Morgan fingerprint density at radius 2 is 1.89 bits per heavy atom. The van der Waals surface area contributed by atoms with Crippen LogP contribution in [0.2, 0.25) is 0 Å². The normalized spacial score (nSPS) is 10.2. The van der Waals surface area contributed by atoms with E-state index in [0.29, 0.717) is 6.54 Å². The Balaban J connectivity index is 1.78. The number of hydrogen-bond donors (Lipinski definition) is 2. The van der Waals surface area contributed by atoms with Crippen LogP contribution in [0.1, 0.15) is 5.56 Å². The third-order valence-electron chi connectivity index (χ3n) is 2.51. The molecule has 0 fully saturated rings. The van der Waals surface area contributed by atoms with E-state index in [1.165, 1.54) is 12.1 Å². The number of pyridine rings is 1. The van der Waals surface area contributed by atoms with Crippen LogP contribution in [0.3, 0.4) is 0 Å². The van der Waals surface area contributed by atoms with Gasteiger partial charge in [-0.2, -0.15) is 0 Å². The van der Waals surface area contributed by atoms with Crippen molar-refractivity contribution in [1.29, 1.82) is 0 Å².